The largest absolute Gasteiger partial charge is 0.424 e. The Morgan fingerprint density at radius 1 is 0.492 bits per heavy atom. The quantitative estimate of drug-likeness (QED) is 0.0414. The molecular weight excluding hydrogens is 731 g/mol. The number of unbranched alkanes of at least 4 members (excludes halogenated alkanes) is 18. The Kier molecular flexibility index (Phi) is 31.4. The summed E-state index contributed by atoms with van der Waals surface area (Å²) in [6.07, 6.45) is 55.1. The van der Waals surface area contributed by atoms with Gasteiger partial charge in [-0.2, -0.15) is 0 Å². The van der Waals surface area contributed by atoms with Gasteiger partial charge in [0.1, 0.15) is 0 Å². The highest BCUT2D eigenvalue weighted by atomic mass is 28.4. The van der Waals surface area contributed by atoms with Crippen molar-refractivity contribution in [3.05, 3.63) is 109 Å². The maximum atomic E-state index is 12.6. The smallest absolute Gasteiger partial charge is 0.258 e. The summed E-state index contributed by atoms with van der Waals surface area (Å²) in [5.74, 6) is 0. The zero-order valence-electron chi connectivity index (χ0n) is 39.4. The van der Waals surface area contributed by atoms with Gasteiger partial charge in [0, 0.05) is 6.04 Å². The average Bonchev–Trinajstić information content (AvgIpc) is 3.25. The van der Waals surface area contributed by atoms with Crippen LogP contribution in [0, 0.1) is 0 Å². The van der Waals surface area contributed by atoms with E-state index in [1.54, 1.807) is 0 Å². The fraction of sp³-hybridized carbons (Fsp3) is 0.643. The summed E-state index contributed by atoms with van der Waals surface area (Å²) in [6, 6.07) is 21.8. The Morgan fingerprint density at radius 2 is 0.864 bits per heavy atom. The molecule has 2 aromatic carbocycles. The van der Waals surface area contributed by atoms with Crippen LogP contribution in [-0.2, 0) is 0 Å². The second-order valence-electron chi connectivity index (χ2n) is 18.3. The fourth-order valence-electron chi connectivity index (χ4n) is 8.74. The predicted molar refractivity (Wildman–Crippen MR) is 268 cm³/mol. The number of benzene rings is 2. The van der Waals surface area contributed by atoms with Crippen LogP contribution in [0.2, 0.25) is 5.04 Å². The van der Waals surface area contributed by atoms with Crippen molar-refractivity contribution in [2.75, 3.05) is 13.6 Å². The van der Waals surface area contributed by atoms with Crippen LogP contribution in [0.1, 0.15) is 207 Å². The summed E-state index contributed by atoms with van der Waals surface area (Å²) in [4.78, 5) is 15.3. The lowest BCUT2D eigenvalue weighted by atomic mass is 9.98. The van der Waals surface area contributed by atoms with E-state index >= 15 is 0 Å². The highest BCUT2D eigenvalue weighted by Crippen LogP contribution is 2.40. The molecule has 59 heavy (non-hydrogen) atoms. The van der Waals surface area contributed by atoms with Gasteiger partial charge < -0.3 is 9.70 Å². The van der Waals surface area contributed by atoms with Gasteiger partial charge in [-0.3, -0.25) is 0 Å². The number of hydrogen-bond donors (Lipinski definition) is 1. The number of nitrogens with zero attached hydrogens (tertiary/aromatic N) is 1. The van der Waals surface area contributed by atoms with Gasteiger partial charge in [-0.25, -0.2) is 0 Å². The highest BCUT2D eigenvalue weighted by molar-refractivity contribution is 6.98. The lowest BCUT2D eigenvalue weighted by molar-refractivity contribution is 0.205. The van der Waals surface area contributed by atoms with Crippen LogP contribution in [-0.4, -0.2) is 37.6 Å². The minimum Gasteiger partial charge on any atom is -0.424 e. The Morgan fingerprint density at radius 3 is 1.29 bits per heavy atom. The first-order chi connectivity index (χ1) is 28.9. The molecule has 0 spiro atoms. The molecule has 332 valence electrons. The van der Waals surface area contributed by atoms with E-state index in [2.05, 4.69) is 149 Å². The van der Waals surface area contributed by atoms with Gasteiger partial charge in [0.25, 0.3) is 8.32 Å². The van der Waals surface area contributed by atoms with E-state index in [0.29, 0.717) is 6.04 Å². The van der Waals surface area contributed by atoms with Crippen LogP contribution in [0.4, 0.5) is 0 Å². The summed E-state index contributed by atoms with van der Waals surface area (Å²) in [5.41, 5.74) is 0. The van der Waals surface area contributed by atoms with Gasteiger partial charge in [-0.1, -0.05) is 227 Å². The van der Waals surface area contributed by atoms with Gasteiger partial charge >= 0.3 is 0 Å². The summed E-state index contributed by atoms with van der Waals surface area (Å²) >= 11 is 0. The number of hydrogen-bond acceptors (Lipinski definition) is 2. The first-order valence-electron chi connectivity index (χ1n) is 25.0. The SMILES string of the molecule is CCCCC/C=C\C/C=C\CCCCCCCC(CCCCCCC/C=C\C/C=C\CCCCC)N(C)CCCCCC(C)(C)[Si](O)(c1ccccc1)c1ccccc1. The lowest BCUT2D eigenvalue weighted by Crippen LogP contribution is -2.65. The predicted octanol–water partition coefficient (Wildman–Crippen LogP) is 16.0. The average molecular weight is 824 g/mol. The van der Waals surface area contributed by atoms with E-state index in [1.807, 2.05) is 0 Å². The van der Waals surface area contributed by atoms with Crippen LogP contribution in [0.15, 0.2) is 109 Å². The minimum atomic E-state index is -2.93. The summed E-state index contributed by atoms with van der Waals surface area (Å²) < 4.78 is 0. The molecule has 0 fully saturated rings. The van der Waals surface area contributed by atoms with Gasteiger partial charge in [-0.15, -0.1) is 0 Å². The molecule has 0 aliphatic carbocycles. The second kappa shape index (κ2) is 35.2. The van der Waals surface area contributed by atoms with Crippen LogP contribution in [0.5, 0.6) is 0 Å². The molecule has 0 aliphatic heterocycles. The second-order valence-corrected chi connectivity index (χ2v) is 22.2. The molecule has 0 amide bonds. The zero-order valence-corrected chi connectivity index (χ0v) is 40.4. The Hall–Kier alpha value is -2.46. The van der Waals surface area contributed by atoms with Gasteiger partial charge in [0.2, 0.25) is 0 Å². The molecule has 2 nitrogen and oxygen atoms in total. The van der Waals surface area contributed by atoms with Crippen molar-refractivity contribution in [1.29, 1.82) is 0 Å². The molecule has 0 saturated carbocycles. The van der Waals surface area contributed by atoms with Crippen LogP contribution in [0.3, 0.4) is 0 Å². The molecule has 0 radical (unpaired) electrons. The maximum Gasteiger partial charge on any atom is 0.258 e. The molecule has 1 N–H and O–H groups in total. The number of allylic oxidation sites excluding steroid dienone is 8. The highest BCUT2D eigenvalue weighted by Gasteiger charge is 2.49. The standard InChI is InChI=1S/C56H93NOSi/c1-6-8-10-12-14-16-18-20-22-24-26-28-30-32-37-45-53(46-38-33-31-29-27-25-23-21-19-17-15-13-11-9-7-2)57(5)52-44-36-43-51-56(3,4)59(58,54-47-39-34-40-48-54)55-49-41-35-42-50-55/h14-17,20-23,34-35,39-42,47-50,53,58H,6-13,18-19,24-33,36-38,43-46,51-52H2,1-5H3/b16-14-,17-15-,22-20-,23-21-. The molecule has 0 saturated heterocycles. The summed E-state index contributed by atoms with van der Waals surface area (Å²) in [5, 5.41) is 2.09. The maximum absolute atomic E-state index is 12.6. The monoisotopic (exact) mass is 824 g/mol. The van der Waals surface area contributed by atoms with Crippen molar-refractivity contribution >= 4 is 18.7 Å². The minimum absolute atomic E-state index is 0.160. The Bertz CT molecular complexity index is 1260. The number of rotatable bonds is 38. The topological polar surface area (TPSA) is 23.5 Å². The van der Waals surface area contributed by atoms with Crippen molar-refractivity contribution in [1.82, 2.24) is 4.90 Å². The Balaban J connectivity index is 1.77. The van der Waals surface area contributed by atoms with Gasteiger partial charge in [-0.05, 0) is 119 Å². The molecule has 0 aromatic heterocycles. The molecule has 2 rings (SSSR count). The van der Waals surface area contributed by atoms with E-state index in [4.69, 9.17) is 0 Å². The van der Waals surface area contributed by atoms with Gasteiger partial charge in [0.15, 0.2) is 0 Å². The Labute approximate surface area is 368 Å². The van der Waals surface area contributed by atoms with E-state index in [-0.39, 0.29) is 5.04 Å². The molecule has 0 atom stereocenters. The van der Waals surface area contributed by atoms with E-state index in [0.717, 1.165) is 36.1 Å². The van der Waals surface area contributed by atoms with Crippen molar-refractivity contribution in [3.63, 3.8) is 0 Å². The van der Waals surface area contributed by atoms with E-state index in [9.17, 15) is 4.80 Å². The van der Waals surface area contributed by atoms with Crippen molar-refractivity contribution in [3.8, 4) is 0 Å². The molecular formula is C56H93NOSi. The van der Waals surface area contributed by atoms with Crippen molar-refractivity contribution in [2.45, 2.75) is 219 Å². The lowest BCUT2D eigenvalue weighted by Gasteiger charge is -2.41. The molecule has 0 unspecified atom stereocenters. The van der Waals surface area contributed by atoms with Crippen molar-refractivity contribution < 1.29 is 4.80 Å². The zero-order chi connectivity index (χ0) is 42.5. The third-order valence-electron chi connectivity index (χ3n) is 12.8. The van der Waals surface area contributed by atoms with Crippen LogP contribution in [0.25, 0.3) is 0 Å². The molecule has 0 aliphatic rings. The van der Waals surface area contributed by atoms with E-state index < -0.39 is 8.32 Å². The molecule has 3 heteroatoms. The summed E-state index contributed by atoms with van der Waals surface area (Å²) in [7, 11) is -0.528. The third-order valence-corrected chi connectivity index (χ3v) is 17.3. The molecule has 0 heterocycles. The summed E-state index contributed by atoms with van der Waals surface area (Å²) in [6.45, 7) is 10.4. The van der Waals surface area contributed by atoms with Crippen molar-refractivity contribution in [2.24, 2.45) is 0 Å². The van der Waals surface area contributed by atoms with E-state index in [1.165, 1.54) is 161 Å². The molecule has 0 bridgehead atoms. The van der Waals surface area contributed by atoms with Gasteiger partial charge in [0.05, 0.1) is 0 Å². The first kappa shape index (κ1) is 52.7. The molecule has 2 aromatic rings. The fourth-order valence-corrected chi connectivity index (χ4v) is 12.5. The normalized spacial score (nSPS) is 12.9. The first-order valence-corrected chi connectivity index (χ1v) is 26.9. The van der Waals surface area contributed by atoms with Crippen LogP contribution < -0.4 is 10.4 Å². The third kappa shape index (κ3) is 23.9. The van der Waals surface area contributed by atoms with Crippen LogP contribution >= 0.6 is 0 Å².